The molecule has 5 nitrogen and oxygen atoms in total. The molecule has 0 aliphatic carbocycles. The van der Waals surface area contributed by atoms with E-state index in [1.54, 1.807) is 6.92 Å². The van der Waals surface area contributed by atoms with Gasteiger partial charge in [-0.05, 0) is 11.6 Å². The molecule has 0 aliphatic heterocycles. The predicted molar refractivity (Wildman–Crippen MR) is 38.0 cm³/mol. The molecule has 5 heteroatoms. The molecule has 0 heterocycles. The van der Waals surface area contributed by atoms with Crippen molar-refractivity contribution in [3.8, 4) is 0 Å². The standard InChI is InChI=1S/C6H9NO4/c1-2-3-4(8)5(7-11)6(9)10/h8H,2-3H2,1H3,(H,9,10). The molecule has 0 spiro atoms. The van der Waals surface area contributed by atoms with Gasteiger partial charge in [-0.3, -0.25) is 0 Å². The Bertz CT molecular complexity index is 197. The maximum absolute atomic E-state index is 10.1. The lowest BCUT2D eigenvalue weighted by Gasteiger charge is -1.96. The van der Waals surface area contributed by atoms with Crippen LogP contribution >= 0.6 is 0 Å². The number of hydrogen-bond acceptors (Lipinski definition) is 4. The zero-order chi connectivity index (χ0) is 8.85. The first-order valence-corrected chi connectivity index (χ1v) is 3.12. The lowest BCUT2D eigenvalue weighted by Crippen LogP contribution is -2.01. The first-order valence-electron chi connectivity index (χ1n) is 3.12. The van der Waals surface area contributed by atoms with E-state index < -0.39 is 17.4 Å². The Labute approximate surface area is 63.3 Å². The summed E-state index contributed by atoms with van der Waals surface area (Å²) in [5.74, 6) is -1.96. The number of aliphatic hydroxyl groups excluding tert-OH is 1. The van der Waals surface area contributed by atoms with Crippen molar-refractivity contribution in [2.45, 2.75) is 19.8 Å². The van der Waals surface area contributed by atoms with E-state index in [-0.39, 0.29) is 6.42 Å². The third-order valence-electron chi connectivity index (χ3n) is 1.05. The molecule has 0 aliphatic rings. The molecule has 0 unspecified atom stereocenters. The molecule has 0 fully saturated rings. The molecular weight excluding hydrogens is 150 g/mol. The summed E-state index contributed by atoms with van der Waals surface area (Å²) in [6.45, 7) is 1.75. The first kappa shape index (κ1) is 9.61. The topological polar surface area (TPSA) is 87.0 Å². The van der Waals surface area contributed by atoms with Crippen LogP contribution in [0.5, 0.6) is 0 Å². The van der Waals surface area contributed by atoms with Gasteiger partial charge < -0.3 is 10.2 Å². The number of rotatable bonds is 4. The van der Waals surface area contributed by atoms with Crippen molar-refractivity contribution in [1.29, 1.82) is 0 Å². The Morgan fingerprint density at radius 1 is 1.45 bits per heavy atom. The van der Waals surface area contributed by atoms with E-state index in [0.29, 0.717) is 6.42 Å². The second kappa shape index (κ2) is 4.43. The van der Waals surface area contributed by atoms with E-state index in [1.165, 1.54) is 0 Å². The maximum Gasteiger partial charge on any atom is 0.361 e. The van der Waals surface area contributed by atoms with Crippen LogP contribution in [0.25, 0.3) is 0 Å². The van der Waals surface area contributed by atoms with Crippen LogP contribution in [0.15, 0.2) is 16.6 Å². The smallest absolute Gasteiger partial charge is 0.361 e. The summed E-state index contributed by atoms with van der Waals surface area (Å²) in [5.41, 5.74) is -0.799. The Balaban J connectivity index is 4.53. The molecule has 2 N–H and O–H groups in total. The van der Waals surface area contributed by atoms with Crippen LogP contribution in [-0.2, 0) is 4.79 Å². The lowest BCUT2D eigenvalue weighted by atomic mass is 10.2. The van der Waals surface area contributed by atoms with Crippen LogP contribution in [-0.4, -0.2) is 16.2 Å². The summed E-state index contributed by atoms with van der Waals surface area (Å²) in [6.07, 6.45) is 0.728. The van der Waals surface area contributed by atoms with E-state index in [4.69, 9.17) is 10.2 Å². The highest BCUT2D eigenvalue weighted by atomic mass is 16.4. The molecule has 0 bridgehead atoms. The van der Waals surface area contributed by atoms with Crippen LogP contribution in [0, 0.1) is 4.91 Å². The first-order chi connectivity index (χ1) is 5.13. The lowest BCUT2D eigenvalue weighted by molar-refractivity contribution is -0.132. The van der Waals surface area contributed by atoms with E-state index in [0.717, 1.165) is 0 Å². The van der Waals surface area contributed by atoms with Crippen LogP contribution in [0.3, 0.4) is 0 Å². The summed E-state index contributed by atoms with van der Waals surface area (Å²) in [6, 6.07) is 0. The van der Waals surface area contributed by atoms with Crippen LogP contribution < -0.4 is 0 Å². The zero-order valence-corrected chi connectivity index (χ0v) is 6.07. The van der Waals surface area contributed by atoms with Crippen molar-refractivity contribution in [3.63, 3.8) is 0 Å². The Morgan fingerprint density at radius 2 is 2.00 bits per heavy atom. The largest absolute Gasteiger partial charge is 0.510 e. The van der Waals surface area contributed by atoms with Crippen LogP contribution in [0.2, 0.25) is 0 Å². The number of carboxylic acids is 1. The zero-order valence-electron chi connectivity index (χ0n) is 6.07. The molecule has 0 aromatic heterocycles. The minimum absolute atomic E-state index is 0.160. The van der Waals surface area contributed by atoms with E-state index in [1.807, 2.05) is 0 Å². The minimum Gasteiger partial charge on any atom is -0.510 e. The van der Waals surface area contributed by atoms with Crippen molar-refractivity contribution >= 4 is 5.97 Å². The summed E-state index contributed by atoms with van der Waals surface area (Å²) in [7, 11) is 0. The monoisotopic (exact) mass is 159 g/mol. The van der Waals surface area contributed by atoms with E-state index in [9.17, 15) is 9.70 Å². The number of nitrogens with zero attached hydrogens (tertiary/aromatic N) is 1. The van der Waals surface area contributed by atoms with Crippen molar-refractivity contribution < 1.29 is 15.0 Å². The van der Waals surface area contributed by atoms with Gasteiger partial charge in [0, 0.05) is 6.42 Å². The number of carboxylic acid groups (broad SMARTS) is 1. The highest BCUT2D eigenvalue weighted by Gasteiger charge is 2.13. The maximum atomic E-state index is 10.1. The highest BCUT2D eigenvalue weighted by Crippen LogP contribution is 2.08. The molecule has 0 aromatic rings. The number of carbonyl (C=O) groups is 1. The number of aliphatic carboxylic acids is 1. The molecule has 0 amide bonds. The van der Waals surface area contributed by atoms with Gasteiger partial charge in [0.05, 0.1) is 0 Å². The molecule has 0 radical (unpaired) electrons. The van der Waals surface area contributed by atoms with Crippen molar-refractivity contribution in [3.05, 3.63) is 16.4 Å². The van der Waals surface area contributed by atoms with Gasteiger partial charge in [-0.15, -0.1) is 4.91 Å². The number of nitroso groups, excluding NO2 is 1. The fourth-order valence-electron chi connectivity index (χ4n) is 0.570. The molecule has 11 heavy (non-hydrogen) atoms. The van der Waals surface area contributed by atoms with Crippen LogP contribution in [0.1, 0.15) is 19.8 Å². The number of allylic oxidation sites excluding steroid dienone is 1. The number of aliphatic hydroxyl groups is 1. The number of hydrogen-bond donors (Lipinski definition) is 2. The fraction of sp³-hybridized carbons (Fsp3) is 0.500. The molecule has 0 atom stereocenters. The molecule has 0 saturated carbocycles. The second-order valence-corrected chi connectivity index (χ2v) is 1.94. The van der Waals surface area contributed by atoms with Gasteiger partial charge in [0.15, 0.2) is 0 Å². The minimum atomic E-state index is -1.49. The van der Waals surface area contributed by atoms with Gasteiger partial charge in [-0.1, -0.05) is 6.92 Å². The SMILES string of the molecule is CCCC(O)=C(N=O)C(=O)O. The Kier molecular flexibility index (Phi) is 3.87. The van der Waals surface area contributed by atoms with E-state index in [2.05, 4.69) is 5.18 Å². The Morgan fingerprint density at radius 3 is 2.27 bits per heavy atom. The fourth-order valence-corrected chi connectivity index (χ4v) is 0.570. The normalized spacial score (nSPS) is 12.1. The van der Waals surface area contributed by atoms with E-state index >= 15 is 0 Å². The summed E-state index contributed by atoms with van der Waals surface area (Å²) < 4.78 is 0. The van der Waals surface area contributed by atoms with Crippen molar-refractivity contribution in [2.24, 2.45) is 5.18 Å². The molecule has 0 rings (SSSR count). The summed E-state index contributed by atoms with van der Waals surface area (Å²) in [4.78, 5) is 19.9. The van der Waals surface area contributed by atoms with Gasteiger partial charge in [0.25, 0.3) is 0 Å². The third-order valence-corrected chi connectivity index (χ3v) is 1.05. The van der Waals surface area contributed by atoms with Gasteiger partial charge in [0.2, 0.25) is 5.70 Å². The predicted octanol–water partition coefficient (Wildman–Crippen LogP) is 1.41. The molecule has 0 aromatic carbocycles. The Hall–Kier alpha value is -1.39. The average Bonchev–Trinajstić information content (AvgIpc) is 1.88. The highest BCUT2D eigenvalue weighted by molar-refractivity contribution is 5.86. The van der Waals surface area contributed by atoms with Gasteiger partial charge >= 0.3 is 5.97 Å². The van der Waals surface area contributed by atoms with Gasteiger partial charge in [-0.2, -0.15) is 0 Å². The van der Waals surface area contributed by atoms with Crippen molar-refractivity contribution in [1.82, 2.24) is 0 Å². The molecular formula is C6H9NO4. The molecule has 62 valence electrons. The molecule has 0 saturated heterocycles. The van der Waals surface area contributed by atoms with Gasteiger partial charge in [0.1, 0.15) is 5.76 Å². The van der Waals surface area contributed by atoms with Crippen molar-refractivity contribution in [2.75, 3.05) is 0 Å². The average molecular weight is 159 g/mol. The second-order valence-electron chi connectivity index (χ2n) is 1.94. The van der Waals surface area contributed by atoms with Crippen LogP contribution in [0.4, 0.5) is 0 Å². The summed E-state index contributed by atoms with van der Waals surface area (Å²) >= 11 is 0. The summed E-state index contributed by atoms with van der Waals surface area (Å²) in [5, 5.41) is 19.3. The van der Waals surface area contributed by atoms with Gasteiger partial charge in [-0.25, -0.2) is 4.79 Å². The quantitative estimate of drug-likeness (QED) is 0.368. The third kappa shape index (κ3) is 2.79.